The van der Waals surface area contributed by atoms with Crippen LogP contribution in [-0.2, 0) is 11.3 Å². The lowest BCUT2D eigenvalue weighted by Crippen LogP contribution is -2.36. The summed E-state index contributed by atoms with van der Waals surface area (Å²) in [5.74, 6) is 0.914. The molecule has 29 heavy (non-hydrogen) atoms. The molecular weight excluding hydrogens is 390 g/mol. The third kappa shape index (κ3) is 3.53. The third-order valence-electron chi connectivity index (χ3n) is 6.46. The number of carbonyl (C=O) groups excluding carboxylic acids is 1. The molecule has 3 aromatic rings. The summed E-state index contributed by atoms with van der Waals surface area (Å²) < 4.78 is 3.81. The van der Waals surface area contributed by atoms with E-state index in [-0.39, 0.29) is 11.9 Å². The summed E-state index contributed by atoms with van der Waals surface area (Å²) in [7, 11) is 0. The number of amides is 1. The topological polar surface area (TPSA) is 76.2 Å². The van der Waals surface area contributed by atoms with Crippen LogP contribution in [0.2, 0.25) is 5.02 Å². The van der Waals surface area contributed by atoms with Gasteiger partial charge in [-0.1, -0.05) is 23.7 Å². The molecule has 152 valence electrons. The Morgan fingerprint density at radius 3 is 2.79 bits per heavy atom. The number of likely N-dealkylation sites (tertiary alicyclic amines) is 1. The maximum atomic E-state index is 12.7. The van der Waals surface area contributed by atoms with E-state index >= 15 is 0 Å². The average Bonchev–Trinajstić information content (AvgIpc) is 3.43. The molecule has 1 amide bonds. The van der Waals surface area contributed by atoms with Gasteiger partial charge in [0.15, 0.2) is 0 Å². The maximum absolute atomic E-state index is 12.7. The van der Waals surface area contributed by atoms with Gasteiger partial charge in [-0.15, -0.1) is 0 Å². The molecular formula is C21H24ClN5O2. The number of imidazole rings is 1. The highest BCUT2D eigenvalue weighted by Crippen LogP contribution is 2.42. The molecule has 5 rings (SSSR count). The Bertz CT molecular complexity index is 1030. The maximum Gasteiger partial charge on any atom is 0.224 e. The Morgan fingerprint density at radius 2 is 2.00 bits per heavy atom. The smallest absolute Gasteiger partial charge is 0.224 e. The highest BCUT2D eigenvalue weighted by molar-refractivity contribution is 6.30. The van der Waals surface area contributed by atoms with Crippen molar-refractivity contribution in [3.63, 3.8) is 0 Å². The molecule has 2 aliphatic rings. The first-order chi connectivity index (χ1) is 14.1. The van der Waals surface area contributed by atoms with E-state index in [1.54, 1.807) is 17.1 Å². The molecule has 1 aliphatic heterocycles. The van der Waals surface area contributed by atoms with Crippen LogP contribution in [0, 0.1) is 11.8 Å². The minimum absolute atomic E-state index is 0.00455. The molecule has 1 N–H and O–H groups in total. The van der Waals surface area contributed by atoms with Crippen LogP contribution in [0.3, 0.4) is 0 Å². The van der Waals surface area contributed by atoms with Gasteiger partial charge in [-0.05, 0) is 36.8 Å². The van der Waals surface area contributed by atoms with E-state index in [0.717, 1.165) is 37.0 Å². The summed E-state index contributed by atoms with van der Waals surface area (Å²) in [6.45, 7) is 2.03. The number of aliphatic hydroxyl groups is 1. The van der Waals surface area contributed by atoms with Crippen LogP contribution in [0.25, 0.3) is 11.0 Å². The number of para-hydroxylation sites is 2. The van der Waals surface area contributed by atoms with Gasteiger partial charge in [-0.3, -0.25) is 9.48 Å². The van der Waals surface area contributed by atoms with Crippen molar-refractivity contribution in [2.75, 3.05) is 13.1 Å². The Morgan fingerprint density at radius 1 is 1.21 bits per heavy atom. The second-order valence-corrected chi connectivity index (χ2v) is 8.67. The molecule has 4 atom stereocenters. The Hall–Kier alpha value is -2.38. The minimum Gasteiger partial charge on any atom is -0.391 e. The monoisotopic (exact) mass is 413 g/mol. The molecule has 2 aromatic heterocycles. The van der Waals surface area contributed by atoms with E-state index in [4.69, 9.17) is 11.6 Å². The fourth-order valence-electron chi connectivity index (χ4n) is 4.98. The SMILES string of the molecule is O=C(CCn1cc(Cl)cn1)N1C[C@H]2C[C@@H](n3cnc4ccccc43)[C@H](O)C[C@H]2C1. The molecule has 2 fully saturated rings. The number of halogens is 1. The van der Waals surface area contributed by atoms with Crippen LogP contribution in [0.15, 0.2) is 43.0 Å². The third-order valence-corrected chi connectivity index (χ3v) is 6.65. The van der Waals surface area contributed by atoms with Crippen molar-refractivity contribution in [1.29, 1.82) is 0 Å². The number of carbonyl (C=O) groups is 1. The van der Waals surface area contributed by atoms with E-state index in [1.807, 2.05) is 35.5 Å². The van der Waals surface area contributed by atoms with Gasteiger partial charge in [0.2, 0.25) is 5.91 Å². The predicted molar refractivity (Wildman–Crippen MR) is 109 cm³/mol. The number of hydrogen-bond donors (Lipinski definition) is 1. The molecule has 1 saturated heterocycles. The minimum atomic E-state index is -0.421. The van der Waals surface area contributed by atoms with Gasteiger partial charge in [0.25, 0.3) is 0 Å². The lowest BCUT2D eigenvalue weighted by atomic mass is 9.77. The van der Waals surface area contributed by atoms with Crippen molar-refractivity contribution in [1.82, 2.24) is 24.2 Å². The van der Waals surface area contributed by atoms with Crippen molar-refractivity contribution >= 4 is 28.5 Å². The summed E-state index contributed by atoms with van der Waals surface area (Å²) in [5, 5.41) is 15.6. The Kier molecular flexibility index (Phi) is 4.80. The van der Waals surface area contributed by atoms with Gasteiger partial charge < -0.3 is 14.6 Å². The van der Waals surface area contributed by atoms with Gasteiger partial charge in [-0.25, -0.2) is 4.98 Å². The van der Waals surface area contributed by atoms with Crippen LogP contribution in [0.5, 0.6) is 0 Å². The highest BCUT2D eigenvalue weighted by atomic mass is 35.5. The fraction of sp³-hybridized carbons (Fsp3) is 0.476. The molecule has 1 aliphatic carbocycles. The normalized spacial score (nSPS) is 26.8. The first-order valence-corrected chi connectivity index (χ1v) is 10.5. The van der Waals surface area contributed by atoms with Crippen LogP contribution in [-0.4, -0.2) is 54.4 Å². The van der Waals surface area contributed by atoms with Crippen LogP contribution < -0.4 is 0 Å². The van der Waals surface area contributed by atoms with Crippen molar-refractivity contribution in [2.24, 2.45) is 11.8 Å². The summed E-state index contributed by atoms with van der Waals surface area (Å²) in [5.41, 5.74) is 2.00. The van der Waals surface area contributed by atoms with Gasteiger partial charge in [0.05, 0.1) is 40.7 Å². The van der Waals surface area contributed by atoms with E-state index in [1.165, 1.54) is 0 Å². The zero-order chi connectivity index (χ0) is 20.0. The number of hydrogen-bond acceptors (Lipinski definition) is 4. The molecule has 7 nitrogen and oxygen atoms in total. The standard InChI is InChI=1S/C21H24ClN5O2/c22-16-9-24-26(12-16)6-5-21(29)25-10-14-7-19(20(28)8-15(14)11-25)27-13-23-17-3-1-2-4-18(17)27/h1-4,9,12-15,19-20,28H,5-8,10-11H2/t14-,15+,19-,20-/m1/s1. The zero-order valence-corrected chi connectivity index (χ0v) is 16.8. The zero-order valence-electron chi connectivity index (χ0n) is 16.1. The van der Waals surface area contributed by atoms with Crippen molar-refractivity contribution in [3.05, 3.63) is 48.0 Å². The molecule has 0 unspecified atom stereocenters. The summed E-state index contributed by atoms with van der Waals surface area (Å²) >= 11 is 5.88. The second kappa shape index (κ2) is 7.46. The number of aliphatic hydroxyl groups excluding tert-OH is 1. The molecule has 3 heterocycles. The lowest BCUT2D eigenvalue weighted by molar-refractivity contribution is -0.130. The van der Waals surface area contributed by atoms with Crippen molar-refractivity contribution in [3.8, 4) is 0 Å². The highest BCUT2D eigenvalue weighted by Gasteiger charge is 2.43. The van der Waals surface area contributed by atoms with Crippen LogP contribution in [0.4, 0.5) is 0 Å². The van der Waals surface area contributed by atoms with E-state index in [9.17, 15) is 9.90 Å². The van der Waals surface area contributed by atoms with E-state index in [2.05, 4.69) is 14.6 Å². The summed E-state index contributed by atoms with van der Waals surface area (Å²) in [6, 6.07) is 8.02. The Labute approximate surface area is 173 Å². The average molecular weight is 414 g/mol. The second-order valence-electron chi connectivity index (χ2n) is 8.24. The molecule has 0 bridgehead atoms. The molecule has 1 saturated carbocycles. The summed E-state index contributed by atoms with van der Waals surface area (Å²) in [6.07, 6.45) is 6.73. The van der Waals surface area contributed by atoms with Crippen molar-refractivity contribution < 1.29 is 9.90 Å². The number of fused-ring (bicyclic) bond motifs is 2. The number of nitrogens with zero attached hydrogens (tertiary/aromatic N) is 5. The molecule has 1 aromatic carbocycles. The molecule has 0 radical (unpaired) electrons. The largest absolute Gasteiger partial charge is 0.391 e. The number of aryl methyl sites for hydroxylation is 1. The first-order valence-electron chi connectivity index (χ1n) is 10.1. The first kappa shape index (κ1) is 18.6. The number of rotatable bonds is 4. The van der Waals surface area contributed by atoms with Gasteiger partial charge >= 0.3 is 0 Å². The van der Waals surface area contributed by atoms with Gasteiger partial charge in [-0.2, -0.15) is 5.10 Å². The van der Waals surface area contributed by atoms with Gasteiger partial charge in [0.1, 0.15) is 0 Å². The molecule has 0 spiro atoms. The summed E-state index contributed by atoms with van der Waals surface area (Å²) in [4.78, 5) is 19.2. The number of benzene rings is 1. The van der Waals surface area contributed by atoms with Crippen LogP contribution >= 0.6 is 11.6 Å². The Balaban J connectivity index is 1.25. The number of aromatic nitrogens is 4. The lowest BCUT2D eigenvalue weighted by Gasteiger charge is -2.36. The van der Waals surface area contributed by atoms with Crippen molar-refractivity contribution in [2.45, 2.75) is 38.0 Å². The molecule has 8 heteroatoms. The van der Waals surface area contributed by atoms with E-state index < -0.39 is 6.10 Å². The fourth-order valence-corrected chi connectivity index (χ4v) is 5.14. The quantitative estimate of drug-likeness (QED) is 0.713. The predicted octanol–water partition coefficient (Wildman–Crippen LogP) is 2.75. The van der Waals surface area contributed by atoms with E-state index in [0.29, 0.717) is 29.8 Å². The van der Waals surface area contributed by atoms with Crippen LogP contribution in [0.1, 0.15) is 25.3 Å². The van der Waals surface area contributed by atoms with Gasteiger partial charge in [0, 0.05) is 32.3 Å².